The second-order valence-corrected chi connectivity index (χ2v) is 6.86. The summed E-state index contributed by atoms with van der Waals surface area (Å²) in [7, 11) is 0. The van der Waals surface area contributed by atoms with Gasteiger partial charge in [0.05, 0.1) is 24.9 Å². The molecule has 0 saturated carbocycles. The molecule has 1 aliphatic heterocycles. The number of amides is 1. The minimum atomic E-state index is 0.0260. The quantitative estimate of drug-likeness (QED) is 0.817. The van der Waals surface area contributed by atoms with Gasteiger partial charge in [0.25, 0.3) is 0 Å². The van der Waals surface area contributed by atoms with E-state index in [2.05, 4.69) is 21.2 Å². The van der Waals surface area contributed by atoms with E-state index < -0.39 is 0 Å². The molecule has 0 aliphatic carbocycles. The Morgan fingerprint density at radius 2 is 1.70 bits per heavy atom. The monoisotopic (exact) mass is 367 g/mol. The van der Waals surface area contributed by atoms with E-state index in [1.807, 2.05) is 62.4 Å². The number of carbonyl (C=O) groups excluding carboxylic acids is 1. The summed E-state index contributed by atoms with van der Waals surface area (Å²) in [6.07, 6.45) is 0. The van der Waals surface area contributed by atoms with Crippen LogP contribution in [0.5, 0.6) is 5.75 Å². The van der Waals surface area contributed by atoms with Crippen molar-refractivity contribution in [3.05, 3.63) is 60.2 Å². The molecule has 2 aromatic carbocycles. The Morgan fingerprint density at radius 3 is 2.41 bits per heavy atom. The predicted octanol–water partition coefficient (Wildman–Crippen LogP) is 3.08. The Hall–Kier alpha value is -2.53. The number of carbonyl (C=O) groups is 1. The highest BCUT2D eigenvalue weighted by Crippen LogP contribution is 2.28. The van der Waals surface area contributed by atoms with Gasteiger partial charge in [-0.3, -0.25) is 9.69 Å². The Kier molecular flexibility index (Phi) is 6.71. The van der Waals surface area contributed by atoms with Gasteiger partial charge in [0.2, 0.25) is 5.91 Å². The molecule has 0 unspecified atom stereocenters. The van der Waals surface area contributed by atoms with Crippen molar-refractivity contribution in [3.63, 3.8) is 0 Å². The lowest BCUT2D eigenvalue weighted by molar-refractivity contribution is -0.123. The maximum absolute atomic E-state index is 12.4. The summed E-state index contributed by atoms with van der Waals surface area (Å²) in [5.41, 5.74) is 2.27. The highest BCUT2D eigenvalue weighted by molar-refractivity contribution is 5.78. The number of anilines is 1. The van der Waals surface area contributed by atoms with Gasteiger partial charge in [-0.25, -0.2) is 0 Å². The number of benzene rings is 2. The SMILES string of the molecule is CCOc1ccccc1N1CCN(CC(=O)N[C@H](C)c2ccccc2)CC1. The lowest BCUT2D eigenvalue weighted by Crippen LogP contribution is -2.49. The molecule has 0 bridgehead atoms. The molecule has 3 rings (SSSR count). The number of rotatable bonds is 7. The molecule has 1 aliphatic rings. The minimum Gasteiger partial charge on any atom is -0.492 e. The fraction of sp³-hybridized carbons (Fsp3) is 0.409. The first kappa shape index (κ1) is 19.2. The van der Waals surface area contributed by atoms with Crippen LogP contribution in [-0.2, 0) is 4.79 Å². The molecular weight excluding hydrogens is 338 g/mol. The van der Waals surface area contributed by atoms with Gasteiger partial charge in [0, 0.05) is 26.2 Å². The molecule has 0 radical (unpaired) electrons. The van der Waals surface area contributed by atoms with Crippen LogP contribution >= 0.6 is 0 Å². The van der Waals surface area contributed by atoms with Crippen LogP contribution in [0, 0.1) is 0 Å². The van der Waals surface area contributed by atoms with E-state index in [-0.39, 0.29) is 11.9 Å². The molecule has 144 valence electrons. The lowest BCUT2D eigenvalue weighted by Gasteiger charge is -2.36. The van der Waals surface area contributed by atoms with Gasteiger partial charge >= 0.3 is 0 Å². The summed E-state index contributed by atoms with van der Waals surface area (Å²) in [4.78, 5) is 17.0. The van der Waals surface area contributed by atoms with E-state index in [4.69, 9.17) is 4.74 Å². The molecule has 1 amide bonds. The summed E-state index contributed by atoms with van der Waals surface area (Å²) < 4.78 is 5.75. The van der Waals surface area contributed by atoms with Crippen LogP contribution in [0.1, 0.15) is 25.5 Å². The van der Waals surface area contributed by atoms with Crippen LogP contribution in [0.3, 0.4) is 0 Å². The Labute approximate surface area is 161 Å². The van der Waals surface area contributed by atoms with Gasteiger partial charge in [-0.2, -0.15) is 0 Å². The fourth-order valence-electron chi connectivity index (χ4n) is 3.46. The third-order valence-corrected chi connectivity index (χ3v) is 4.92. The number of piperazine rings is 1. The first-order chi connectivity index (χ1) is 13.2. The van der Waals surface area contributed by atoms with Crippen LogP contribution < -0.4 is 15.0 Å². The summed E-state index contributed by atoms with van der Waals surface area (Å²) in [5.74, 6) is 1.01. The van der Waals surface area contributed by atoms with E-state index in [0.717, 1.165) is 43.2 Å². The Bertz CT molecular complexity index is 727. The van der Waals surface area contributed by atoms with Gasteiger partial charge in [0.1, 0.15) is 5.75 Å². The Balaban J connectivity index is 1.49. The standard InChI is InChI=1S/C22H29N3O2/c1-3-27-21-12-8-7-11-20(21)25-15-13-24(14-16-25)17-22(26)23-18(2)19-9-5-4-6-10-19/h4-12,18H,3,13-17H2,1-2H3,(H,23,26)/t18-/m1/s1. The van der Waals surface area contributed by atoms with Crippen molar-refractivity contribution in [3.8, 4) is 5.75 Å². The van der Waals surface area contributed by atoms with Crippen LogP contribution in [0.15, 0.2) is 54.6 Å². The van der Waals surface area contributed by atoms with Crippen molar-refractivity contribution >= 4 is 11.6 Å². The largest absolute Gasteiger partial charge is 0.492 e. The molecule has 1 saturated heterocycles. The third-order valence-electron chi connectivity index (χ3n) is 4.92. The predicted molar refractivity (Wildman–Crippen MR) is 109 cm³/mol. The maximum atomic E-state index is 12.4. The molecule has 1 heterocycles. The van der Waals surface area contributed by atoms with Gasteiger partial charge in [-0.05, 0) is 31.5 Å². The lowest BCUT2D eigenvalue weighted by atomic mass is 10.1. The van der Waals surface area contributed by atoms with Gasteiger partial charge in [-0.15, -0.1) is 0 Å². The van der Waals surface area contributed by atoms with Gasteiger partial charge in [0.15, 0.2) is 0 Å². The van der Waals surface area contributed by atoms with Crippen LogP contribution in [0.2, 0.25) is 0 Å². The van der Waals surface area contributed by atoms with Gasteiger partial charge in [-0.1, -0.05) is 42.5 Å². The molecule has 1 atom stereocenters. The molecular formula is C22H29N3O2. The number of hydrogen-bond donors (Lipinski definition) is 1. The summed E-state index contributed by atoms with van der Waals surface area (Å²) in [6.45, 7) is 8.66. The zero-order valence-electron chi connectivity index (χ0n) is 16.2. The van der Waals surface area contributed by atoms with Gasteiger partial charge < -0.3 is 15.0 Å². The van der Waals surface area contributed by atoms with E-state index in [9.17, 15) is 4.79 Å². The number of hydrogen-bond acceptors (Lipinski definition) is 4. The zero-order chi connectivity index (χ0) is 19.1. The third kappa shape index (κ3) is 5.23. The van der Waals surface area contributed by atoms with Crippen molar-refractivity contribution < 1.29 is 9.53 Å². The number of para-hydroxylation sites is 2. The van der Waals surface area contributed by atoms with E-state index >= 15 is 0 Å². The zero-order valence-corrected chi connectivity index (χ0v) is 16.2. The molecule has 1 N–H and O–H groups in total. The van der Waals surface area contributed by atoms with E-state index in [1.165, 1.54) is 0 Å². The average Bonchev–Trinajstić information content (AvgIpc) is 2.70. The van der Waals surface area contributed by atoms with Crippen LogP contribution in [-0.4, -0.2) is 50.1 Å². The van der Waals surface area contributed by atoms with Crippen LogP contribution in [0.25, 0.3) is 0 Å². The van der Waals surface area contributed by atoms with Crippen LogP contribution in [0.4, 0.5) is 5.69 Å². The summed E-state index contributed by atoms with van der Waals surface area (Å²) in [6, 6.07) is 18.3. The fourth-order valence-corrected chi connectivity index (χ4v) is 3.46. The number of ether oxygens (including phenoxy) is 1. The molecule has 0 aromatic heterocycles. The number of nitrogens with zero attached hydrogens (tertiary/aromatic N) is 2. The topological polar surface area (TPSA) is 44.8 Å². The van der Waals surface area contributed by atoms with Crippen molar-refractivity contribution in [1.82, 2.24) is 10.2 Å². The minimum absolute atomic E-state index is 0.0260. The maximum Gasteiger partial charge on any atom is 0.234 e. The van der Waals surface area contributed by atoms with E-state index in [0.29, 0.717) is 13.2 Å². The first-order valence-corrected chi connectivity index (χ1v) is 9.71. The summed E-state index contributed by atoms with van der Waals surface area (Å²) in [5, 5.41) is 3.10. The van der Waals surface area contributed by atoms with Crippen molar-refractivity contribution in [2.75, 3.05) is 44.2 Å². The van der Waals surface area contributed by atoms with E-state index in [1.54, 1.807) is 0 Å². The van der Waals surface area contributed by atoms with Crippen molar-refractivity contribution in [1.29, 1.82) is 0 Å². The second-order valence-electron chi connectivity index (χ2n) is 6.86. The molecule has 5 heteroatoms. The molecule has 2 aromatic rings. The molecule has 5 nitrogen and oxygen atoms in total. The normalized spacial score (nSPS) is 16.0. The molecule has 0 spiro atoms. The molecule has 1 fully saturated rings. The van der Waals surface area contributed by atoms with Crippen molar-refractivity contribution in [2.45, 2.75) is 19.9 Å². The summed E-state index contributed by atoms with van der Waals surface area (Å²) >= 11 is 0. The highest BCUT2D eigenvalue weighted by atomic mass is 16.5. The average molecular weight is 367 g/mol. The van der Waals surface area contributed by atoms with Crippen molar-refractivity contribution in [2.24, 2.45) is 0 Å². The highest BCUT2D eigenvalue weighted by Gasteiger charge is 2.21. The first-order valence-electron chi connectivity index (χ1n) is 9.71. The second kappa shape index (κ2) is 9.42. The molecule has 27 heavy (non-hydrogen) atoms. The smallest absolute Gasteiger partial charge is 0.234 e. The number of nitrogens with one attached hydrogen (secondary N) is 1. The Morgan fingerprint density at radius 1 is 1.04 bits per heavy atom.